The van der Waals surface area contributed by atoms with Crippen LogP contribution in [0.25, 0.3) is 6.08 Å². The average molecular weight is 379 g/mol. The van der Waals surface area contributed by atoms with Gasteiger partial charge in [0.25, 0.3) is 0 Å². The Labute approximate surface area is 157 Å². The number of hydrogen-bond acceptors (Lipinski definition) is 5. The Balaban J connectivity index is 1.70. The number of nitrogens with two attached hydrogens (primary N) is 1. The van der Waals surface area contributed by atoms with Crippen LogP contribution in [0.4, 0.5) is 5.69 Å². The lowest BCUT2D eigenvalue weighted by atomic mass is 10.1. The van der Waals surface area contributed by atoms with Crippen molar-refractivity contribution in [1.29, 1.82) is 0 Å². The summed E-state index contributed by atoms with van der Waals surface area (Å²) in [6, 6.07) is 21.1. The van der Waals surface area contributed by atoms with Gasteiger partial charge in [-0.05, 0) is 60.2 Å². The fourth-order valence-electron chi connectivity index (χ4n) is 2.32. The molecule has 0 fully saturated rings. The first kappa shape index (κ1) is 18.4. The van der Waals surface area contributed by atoms with Crippen LogP contribution in [0.2, 0.25) is 0 Å². The van der Waals surface area contributed by atoms with Crippen molar-refractivity contribution < 1.29 is 17.4 Å². The topological polar surface area (TPSA) is 86.5 Å². The Bertz CT molecular complexity index is 1060. The van der Waals surface area contributed by atoms with Gasteiger partial charge in [-0.25, -0.2) is 0 Å². The highest BCUT2D eigenvalue weighted by Crippen LogP contribution is 2.20. The number of benzene rings is 3. The first-order chi connectivity index (χ1) is 12.9. The second-order valence-corrected chi connectivity index (χ2v) is 7.29. The molecule has 27 heavy (non-hydrogen) atoms. The number of carbonyl (C=O) groups excluding carboxylic acids is 1. The van der Waals surface area contributed by atoms with Crippen LogP contribution in [0.15, 0.2) is 89.8 Å². The van der Waals surface area contributed by atoms with Crippen LogP contribution in [0, 0.1) is 0 Å². The summed E-state index contributed by atoms with van der Waals surface area (Å²) in [6.45, 7) is 0. The largest absolute Gasteiger partial charge is 0.399 e. The van der Waals surface area contributed by atoms with Gasteiger partial charge >= 0.3 is 10.1 Å². The maximum atomic E-state index is 12.2. The predicted octanol–water partition coefficient (Wildman–Crippen LogP) is 3.93. The third-order valence-electron chi connectivity index (χ3n) is 3.74. The molecule has 0 saturated heterocycles. The zero-order valence-electron chi connectivity index (χ0n) is 14.3. The SMILES string of the molecule is Nc1ccc(S(=O)(=O)Oc2ccc(C(=O)/C=C/c3ccccc3)cc2)cc1. The van der Waals surface area contributed by atoms with Crippen LogP contribution in [-0.2, 0) is 10.1 Å². The van der Waals surface area contributed by atoms with Gasteiger partial charge in [0.05, 0.1) is 0 Å². The van der Waals surface area contributed by atoms with Crippen LogP contribution >= 0.6 is 0 Å². The van der Waals surface area contributed by atoms with E-state index in [2.05, 4.69) is 0 Å². The lowest BCUT2D eigenvalue weighted by molar-refractivity contribution is 0.104. The average Bonchev–Trinajstić information content (AvgIpc) is 2.67. The van der Waals surface area contributed by atoms with E-state index >= 15 is 0 Å². The van der Waals surface area contributed by atoms with Crippen molar-refractivity contribution in [2.75, 3.05) is 5.73 Å². The molecular formula is C21H17NO4S. The van der Waals surface area contributed by atoms with E-state index in [1.54, 1.807) is 6.08 Å². The molecule has 6 heteroatoms. The molecule has 0 aliphatic carbocycles. The van der Waals surface area contributed by atoms with Crippen LogP contribution in [0.1, 0.15) is 15.9 Å². The monoisotopic (exact) mass is 379 g/mol. The third kappa shape index (κ3) is 4.83. The summed E-state index contributed by atoms with van der Waals surface area (Å²) in [6.07, 6.45) is 3.19. The lowest BCUT2D eigenvalue weighted by Gasteiger charge is -2.07. The van der Waals surface area contributed by atoms with Crippen molar-refractivity contribution in [1.82, 2.24) is 0 Å². The molecule has 0 spiro atoms. The van der Waals surface area contributed by atoms with Gasteiger partial charge in [0.1, 0.15) is 10.6 Å². The van der Waals surface area contributed by atoms with E-state index in [1.807, 2.05) is 30.3 Å². The normalized spacial score (nSPS) is 11.4. The van der Waals surface area contributed by atoms with Crippen molar-refractivity contribution in [3.8, 4) is 5.75 Å². The van der Waals surface area contributed by atoms with Gasteiger partial charge in [-0.1, -0.05) is 36.4 Å². The minimum absolute atomic E-state index is 0.00245. The molecule has 0 radical (unpaired) electrons. The molecule has 3 aromatic rings. The van der Waals surface area contributed by atoms with Crippen LogP contribution in [0.5, 0.6) is 5.75 Å². The summed E-state index contributed by atoms with van der Waals surface area (Å²) >= 11 is 0. The van der Waals surface area contributed by atoms with E-state index in [1.165, 1.54) is 54.6 Å². The summed E-state index contributed by atoms with van der Waals surface area (Å²) in [4.78, 5) is 12.2. The standard InChI is InChI=1S/C21H17NO4S/c22-18-9-13-20(14-10-18)27(24,25)26-19-11-7-17(8-12-19)21(23)15-6-16-4-2-1-3-5-16/h1-15H,22H2/b15-6+. The molecule has 0 bridgehead atoms. The van der Waals surface area contributed by atoms with Crippen molar-refractivity contribution in [3.05, 3.63) is 96.1 Å². The van der Waals surface area contributed by atoms with Crippen LogP contribution in [0.3, 0.4) is 0 Å². The summed E-state index contributed by atoms with van der Waals surface area (Å²) in [5.74, 6) is -0.0674. The fourth-order valence-corrected chi connectivity index (χ4v) is 3.25. The molecular weight excluding hydrogens is 362 g/mol. The molecule has 3 aromatic carbocycles. The van der Waals surface area contributed by atoms with E-state index in [0.717, 1.165) is 5.56 Å². The highest BCUT2D eigenvalue weighted by Gasteiger charge is 2.16. The smallest absolute Gasteiger partial charge is 0.339 e. The number of hydrogen-bond donors (Lipinski definition) is 1. The molecule has 0 atom stereocenters. The van der Waals surface area contributed by atoms with Crippen molar-refractivity contribution in [2.45, 2.75) is 4.90 Å². The molecule has 2 N–H and O–H groups in total. The van der Waals surface area contributed by atoms with Gasteiger partial charge < -0.3 is 9.92 Å². The molecule has 0 amide bonds. The first-order valence-corrected chi connectivity index (χ1v) is 9.52. The van der Waals surface area contributed by atoms with E-state index in [0.29, 0.717) is 11.3 Å². The second-order valence-electron chi connectivity index (χ2n) is 5.74. The Hall–Kier alpha value is -3.38. The van der Waals surface area contributed by atoms with Gasteiger partial charge in [-0.3, -0.25) is 4.79 Å². The second kappa shape index (κ2) is 7.88. The van der Waals surface area contributed by atoms with Gasteiger partial charge in [-0.2, -0.15) is 8.42 Å². The third-order valence-corrected chi connectivity index (χ3v) is 5.00. The minimum Gasteiger partial charge on any atom is -0.399 e. The number of carbonyl (C=O) groups is 1. The maximum absolute atomic E-state index is 12.2. The van der Waals surface area contributed by atoms with Crippen molar-refractivity contribution >= 4 is 27.7 Å². The van der Waals surface area contributed by atoms with E-state index in [4.69, 9.17) is 9.92 Å². The van der Waals surface area contributed by atoms with Gasteiger partial charge in [0, 0.05) is 11.3 Å². The quantitative estimate of drug-likeness (QED) is 0.303. The Morgan fingerprint density at radius 1 is 0.852 bits per heavy atom. The number of nitrogen functional groups attached to an aromatic ring is 1. The zero-order valence-corrected chi connectivity index (χ0v) is 15.1. The van der Waals surface area contributed by atoms with Crippen LogP contribution < -0.4 is 9.92 Å². The van der Waals surface area contributed by atoms with Gasteiger partial charge in [0.15, 0.2) is 5.78 Å². The number of rotatable bonds is 6. The number of anilines is 1. The van der Waals surface area contributed by atoms with E-state index in [-0.39, 0.29) is 16.4 Å². The molecule has 0 aromatic heterocycles. The summed E-state index contributed by atoms with van der Waals surface area (Å²) < 4.78 is 29.6. The summed E-state index contributed by atoms with van der Waals surface area (Å²) in [5.41, 5.74) is 7.36. The molecule has 3 rings (SSSR count). The highest BCUT2D eigenvalue weighted by molar-refractivity contribution is 7.87. The molecule has 136 valence electrons. The van der Waals surface area contributed by atoms with E-state index in [9.17, 15) is 13.2 Å². The molecule has 0 saturated carbocycles. The molecule has 5 nitrogen and oxygen atoms in total. The highest BCUT2D eigenvalue weighted by atomic mass is 32.2. The zero-order chi connectivity index (χ0) is 19.3. The molecule has 0 unspecified atom stereocenters. The maximum Gasteiger partial charge on any atom is 0.339 e. The summed E-state index contributed by atoms with van der Waals surface area (Å²) in [7, 11) is -3.96. The number of ketones is 1. The van der Waals surface area contributed by atoms with Gasteiger partial charge in [0.2, 0.25) is 0 Å². The minimum atomic E-state index is -3.96. The van der Waals surface area contributed by atoms with Crippen molar-refractivity contribution in [3.63, 3.8) is 0 Å². The molecule has 0 heterocycles. The molecule has 0 aliphatic heterocycles. The predicted molar refractivity (Wildman–Crippen MR) is 105 cm³/mol. The molecule has 0 aliphatic rings. The Morgan fingerprint density at radius 2 is 1.48 bits per heavy atom. The Morgan fingerprint density at radius 3 is 2.11 bits per heavy atom. The first-order valence-electron chi connectivity index (χ1n) is 8.12. The lowest BCUT2D eigenvalue weighted by Crippen LogP contribution is -2.09. The summed E-state index contributed by atoms with van der Waals surface area (Å²) in [5, 5.41) is 0. The van der Waals surface area contributed by atoms with Crippen LogP contribution in [-0.4, -0.2) is 14.2 Å². The van der Waals surface area contributed by atoms with Crippen molar-refractivity contribution in [2.24, 2.45) is 0 Å². The Kier molecular flexibility index (Phi) is 5.38. The fraction of sp³-hybridized carbons (Fsp3) is 0. The number of allylic oxidation sites excluding steroid dienone is 1. The van der Waals surface area contributed by atoms with E-state index < -0.39 is 10.1 Å². The van der Waals surface area contributed by atoms with Gasteiger partial charge in [-0.15, -0.1) is 0 Å².